The summed E-state index contributed by atoms with van der Waals surface area (Å²) in [7, 11) is 7.48. The van der Waals surface area contributed by atoms with Gasteiger partial charge in [0.25, 0.3) is 0 Å². The summed E-state index contributed by atoms with van der Waals surface area (Å²) in [6.45, 7) is 5.65. The molecule has 0 saturated heterocycles. The number of nitrogens with one attached hydrogen (secondary N) is 1. The van der Waals surface area contributed by atoms with Crippen LogP contribution in [0, 0.1) is 0 Å². The van der Waals surface area contributed by atoms with Crippen molar-refractivity contribution in [2.45, 2.75) is 6.92 Å². The number of rotatable bonds is 5. The largest absolute Gasteiger partial charge is 0.497 e. The topological polar surface area (TPSA) is 47.0 Å². The van der Waals surface area contributed by atoms with E-state index in [2.05, 4.69) is 21.9 Å². The zero-order valence-electron chi connectivity index (χ0n) is 12.1. The first-order valence-electron chi connectivity index (χ1n) is 6.50. The summed E-state index contributed by atoms with van der Waals surface area (Å²) >= 11 is 0. The third-order valence-corrected chi connectivity index (χ3v) is 2.89. The van der Waals surface area contributed by atoms with E-state index in [0.717, 1.165) is 16.6 Å². The third kappa shape index (κ3) is 3.31. The van der Waals surface area contributed by atoms with Crippen LogP contribution in [0.25, 0.3) is 10.9 Å². The van der Waals surface area contributed by atoms with Gasteiger partial charge in [-0.1, -0.05) is 24.2 Å². The molecule has 1 aromatic carbocycles. The van der Waals surface area contributed by atoms with Gasteiger partial charge in [-0.25, -0.2) is 9.97 Å². The van der Waals surface area contributed by atoms with Crippen LogP contribution in [0.2, 0.25) is 0 Å². The van der Waals surface area contributed by atoms with E-state index < -0.39 is 0 Å². The second-order valence-electron chi connectivity index (χ2n) is 4.32. The lowest BCUT2D eigenvalue weighted by atomic mass is 9.93. The molecule has 4 nitrogen and oxygen atoms in total. The van der Waals surface area contributed by atoms with Gasteiger partial charge < -0.3 is 10.1 Å². The zero-order valence-corrected chi connectivity index (χ0v) is 12.1. The highest BCUT2D eigenvalue weighted by atomic mass is 16.5. The van der Waals surface area contributed by atoms with Crippen LogP contribution in [0.4, 0.5) is 5.82 Å². The SMILES string of the molecule is [B]c1cc2ncnc(NC(/C=C\C)=C/C=C)c2cc1OC. The maximum atomic E-state index is 5.90. The summed E-state index contributed by atoms with van der Waals surface area (Å²) < 4.78 is 5.25. The molecule has 0 aliphatic heterocycles. The summed E-state index contributed by atoms with van der Waals surface area (Å²) in [5, 5.41) is 4.09. The molecule has 0 unspecified atom stereocenters. The van der Waals surface area contributed by atoms with E-state index in [1.165, 1.54) is 6.33 Å². The quantitative estimate of drug-likeness (QED) is 0.673. The summed E-state index contributed by atoms with van der Waals surface area (Å²) in [5.74, 6) is 1.28. The molecule has 1 aromatic heterocycles. The second kappa shape index (κ2) is 6.75. The molecule has 1 heterocycles. The van der Waals surface area contributed by atoms with Crippen molar-refractivity contribution in [1.82, 2.24) is 9.97 Å². The number of benzene rings is 1. The van der Waals surface area contributed by atoms with Gasteiger partial charge in [0.2, 0.25) is 0 Å². The van der Waals surface area contributed by atoms with Crippen molar-refractivity contribution in [3.8, 4) is 5.75 Å². The molecule has 2 aromatic rings. The van der Waals surface area contributed by atoms with Crippen molar-refractivity contribution >= 4 is 30.0 Å². The third-order valence-electron chi connectivity index (χ3n) is 2.89. The van der Waals surface area contributed by atoms with E-state index in [1.54, 1.807) is 19.3 Å². The Morgan fingerprint density at radius 3 is 2.86 bits per heavy atom. The highest BCUT2D eigenvalue weighted by Crippen LogP contribution is 2.23. The first kappa shape index (κ1) is 14.8. The number of hydrogen-bond acceptors (Lipinski definition) is 4. The fourth-order valence-corrected chi connectivity index (χ4v) is 1.96. The molecule has 0 amide bonds. The number of anilines is 1. The highest BCUT2D eigenvalue weighted by molar-refractivity contribution is 6.35. The molecular weight excluding hydrogens is 261 g/mol. The van der Waals surface area contributed by atoms with Gasteiger partial charge in [0.1, 0.15) is 25.7 Å². The van der Waals surface area contributed by atoms with Crippen LogP contribution in [-0.2, 0) is 0 Å². The van der Waals surface area contributed by atoms with E-state index in [9.17, 15) is 0 Å². The van der Waals surface area contributed by atoms with Gasteiger partial charge in [0, 0.05) is 11.1 Å². The molecule has 1 N–H and O–H groups in total. The van der Waals surface area contributed by atoms with Crippen LogP contribution in [-0.4, -0.2) is 24.9 Å². The molecular formula is C16H16BN3O. The number of fused-ring (bicyclic) bond motifs is 1. The maximum absolute atomic E-state index is 5.90. The van der Waals surface area contributed by atoms with E-state index in [-0.39, 0.29) is 0 Å². The maximum Gasteiger partial charge on any atom is 0.141 e. The van der Waals surface area contributed by atoms with Crippen molar-refractivity contribution in [3.05, 3.63) is 55.0 Å². The van der Waals surface area contributed by atoms with Crippen molar-refractivity contribution in [2.24, 2.45) is 0 Å². The van der Waals surface area contributed by atoms with E-state index in [0.29, 0.717) is 17.0 Å². The van der Waals surface area contributed by atoms with Crippen molar-refractivity contribution in [2.75, 3.05) is 12.4 Å². The van der Waals surface area contributed by atoms with E-state index in [4.69, 9.17) is 12.6 Å². The van der Waals surface area contributed by atoms with Crippen LogP contribution in [0.15, 0.2) is 55.0 Å². The Kier molecular flexibility index (Phi) is 4.77. The predicted octanol–water partition coefficient (Wildman–Crippen LogP) is 2.49. The first-order valence-corrected chi connectivity index (χ1v) is 6.50. The molecule has 2 rings (SSSR count). The first-order chi connectivity index (χ1) is 10.2. The lowest BCUT2D eigenvalue weighted by molar-refractivity contribution is 0.419. The number of aromatic nitrogens is 2. The number of nitrogens with zero attached hydrogens (tertiary/aromatic N) is 2. The molecule has 21 heavy (non-hydrogen) atoms. The van der Waals surface area contributed by atoms with Gasteiger partial charge in [-0.3, -0.25) is 0 Å². The Bertz CT molecular complexity index is 723. The fraction of sp³-hybridized carbons (Fsp3) is 0.125. The van der Waals surface area contributed by atoms with Crippen molar-refractivity contribution < 1.29 is 4.74 Å². The normalized spacial score (nSPS) is 11.8. The summed E-state index contributed by atoms with van der Waals surface area (Å²) in [4.78, 5) is 8.52. The zero-order chi connectivity index (χ0) is 15.2. The molecule has 0 aliphatic rings. The van der Waals surface area contributed by atoms with Crippen LogP contribution in [0.3, 0.4) is 0 Å². The molecule has 5 heteroatoms. The minimum Gasteiger partial charge on any atom is -0.497 e. The molecule has 0 bridgehead atoms. The minimum absolute atomic E-state index is 0.546. The molecule has 2 radical (unpaired) electrons. The van der Waals surface area contributed by atoms with Gasteiger partial charge in [-0.2, -0.15) is 0 Å². The number of ether oxygens (including phenoxy) is 1. The van der Waals surface area contributed by atoms with Crippen LogP contribution in [0.5, 0.6) is 5.75 Å². The molecule has 0 spiro atoms. The molecule has 0 fully saturated rings. The molecule has 0 aliphatic carbocycles. The molecule has 0 atom stereocenters. The summed E-state index contributed by atoms with van der Waals surface area (Å²) in [6.07, 6.45) is 8.94. The smallest absolute Gasteiger partial charge is 0.141 e. The van der Waals surface area contributed by atoms with Crippen molar-refractivity contribution in [1.29, 1.82) is 0 Å². The van der Waals surface area contributed by atoms with E-state index >= 15 is 0 Å². The lowest BCUT2D eigenvalue weighted by Gasteiger charge is -2.11. The van der Waals surface area contributed by atoms with E-state index in [1.807, 2.05) is 31.2 Å². The van der Waals surface area contributed by atoms with Crippen LogP contribution < -0.4 is 15.5 Å². The minimum atomic E-state index is 0.546. The Labute approximate surface area is 125 Å². The standard InChI is InChI=1S/C16H16BN3O/c1-4-6-11(7-5-2)20-16-12-8-15(21-3)13(17)9-14(12)18-10-19-16/h4-10H,1H2,2-3H3,(H,18,19,20)/b7-5-,11-6+. The van der Waals surface area contributed by atoms with Gasteiger partial charge in [-0.15, -0.1) is 0 Å². The Morgan fingerprint density at radius 2 is 2.19 bits per heavy atom. The Morgan fingerprint density at radius 1 is 1.38 bits per heavy atom. The van der Waals surface area contributed by atoms with Gasteiger partial charge in [-0.05, 0) is 31.2 Å². The summed E-state index contributed by atoms with van der Waals surface area (Å²) in [6, 6.07) is 3.60. The van der Waals surface area contributed by atoms with Crippen LogP contribution >= 0.6 is 0 Å². The number of allylic oxidation sites excluding steroid dienone is 4. The average molecular weight is 277 g/mol. The molecule has 104 valence electrons. The van der Waals surface area contributed by atoms with Crippen molar-refractivity contribution in [3.63, 3.8) is 0 Å². The van der Waals surface area contributed by atoms with Crippen LogP contribution in [0.1, 0.15) is 6.92 Å². The van der Waals surface area contributed by atoms with Gasteiger partial charge >= 0.3 is 0 Å². The van der Waals surface area contributed by atoms with Gasteiger partial charge in [0.05, 0.1) is 12.6 Å². The Hall–Kier alpha value is -2.56. The summed E-state index contributed by atoms with van der Waals surface area (Å²) in [5.41, 5.74) is 2.18. The molecule has 0 saturated carbocycles. The second-order valence-corrected chi connectivity index (χ2v) is 4.32. The Balaban J connectivity index is 2.53. The van der Waals surface area contributed by atoms with Gasteiger partial charge in [0.15, 0.2) is 0 Å². The predicted molar refractivity (Wildman–Crippen MR) is 88.2 cm³/mol. The number of methoxy groups -OCH3 is 1. The average Bonchev–Trinajstić information content (AvgIpc) is 2.47. The lowest BCUT2D eigenvalue weighted by Crippen LogP contribution is -2.08. The highest BCUT2D eigenvalue weighted by Gasteiger charge is 2.08. The number of hydrogen-bond donors (Lipinski definition) is 1. The monoisotopic (exact) mass is 277 g/mol. The fourth-order valence-electron chi connectivity index (χ4n) is 1.96.